The average molecular weight is 372 g/mol. The number of benzene rings is 2. The lowest BCUT2D eigenvalue weighted by atomic mass is 9.73. The minimum Gasteiger partial charge on any atom is -0.381 e. The highest BCUT2D eigenvalue weighted by atomic mass is 19.1. The Morgan fingerprint density at radius 3 is 2.74 bits per heavy atom. The van der Waals surface area contributed by atoms with Crippen LogP contribution in [0.25, 0.3) is 0 Å². The second kappa shape index (κ2) is 7.37. The van der Waals surface area contributed by atoms with E-state index in [4.69, 9.17) is 4.74 Å². The first kappa shape index (κ1) is 18.1. The van der Waals surface area contributed by atoms with Gasteiger partial charge in [0.05, 0.1) is 11.1 Å². The number of ether oxygens (including phenoxy) is 1. The molecule has 142 valence electrons. The van der Waals surface area contributed by atoms with Gasteiger partial charge in [0.15, 0.2) is 0 Å². The van der Waals surface area contributed by atoms with Crippen molar-refractivity contribution in [2.75, 3.05) is 25.1 Å². The van der Waals surface area contributed by atoms with Gasteiger partial charge in [-0.1, -0.05) is 18.2 Å². The molecule has 2 N–H and O–H groups in total. The molecule has 2 heterocycles. The number of nitrogens with one attached hydrogen (secondary N) is 2. The van der Waals surface area contributed by atoms with Crippen LogP contribution in [-0.4, -0.2) is 25.7 Å². The molecule has 4 nitrogen and oxygen atoms in total. The second-order valence-electron chi connectivity index (χ2n) is 7.15. The molecular weight excluding hydrogens is 350 g/mol. The molecular formula is C21H22F2N2O2. The van der Waals surface area contributed by atoms with E-state index in [0.717, 1.165) is 5.56 Å². The van der Waals surface area contributed by atoms with Gasteiger partial charge in [-0.25, -0.2) is 8.78 Å². The minimum atomic E-state index is -0.926. The van der Waals surface area contributed by atoms with Crippen LogP contribution in [0.15, 0.2) is 36.4 Å². The number of fused-ring (bicyclic) bond motifs is 1. The Kier molecular flexibility index (Phi) is 4.93. The fourth-order valence-corrected chi connectivity index (χ4v) is 4.02. The number of hydrogen-bond acceptors (Lipinski definition) is 3. The lowest BCUT2D eigenvalue weighted by Gasteiger charge is -2.36. The quantitative estimate of drug-likeness (QED) is 0.869. The highest BCUT2D eigenvalue weighted by Gasteiger charge is 2.42. The molecule has 4 rings (SSSR count). The van der Waals surface area contributed by atoms with Crippen LogP contribution in [0.5, 0.6) is 0 Å². The Labute approximate surface area is 156 Å². The largest absolute Gasteiger partial charge is 0.381 e. The maximum absolute atomic E-state index is 14.9. The van der Waals surface area contributed by atoms with E-state index in [1.807, 2.05) is 6.07 Å². The van der Waals surface area contributed by atoms with E-state index in [2.05, 4.69) is 10.6 Å². The third-order valence-corrected chi connectivity index (χ3v) is 5.61. The van der Waals surface area contributed by atoms with Gasteiger partial charge in [-0.05, 0) is 60.7 Å². The predicted octanol–water partition coefficient (Wildman–Crippen LogP) is 3.30. The van der Waals surface area contributed by atoms with Crippen molar-refractivity contribution in [2.45, 2.75) is 31.2 Å². The van der Waals surface area contributed by atoms with Crippen LogP contribution < -0.4 is 10.6 Å². The molecule has 0 spiro atoms. The van der Waals surface area contributed by atoms with Crippen molar-refractivity contribution in [3.05, 3.63) is 64.7 Å². The molecule has 2 aromatic carbocycles. The summed E-state index contributed by atoms with van der Waals surface area (Å²) in [5.74, 6) is -1.08. The zero-order chi connectivity index (χ0) is 18.9. The van der Waals surface area contributed by atoms with E-state index in [0.29, 0.717) is 56.7 Å². The van der Waals surface area contributed by atoms with Gasteiger partial charge in [0, 0.05) is 19.8 Å². The van der Waals surface area contributed by atoms with Crippen LogP contribution in [0, 0.1) is 11.6 Å². The predicted molar refractivity (Wildman–Crippen MR) is 98.6 cm³/mol. The average Bonchev–Trinajstić information content (AvgIpc) is 2.71. The molecule has 0 bridgehead atoms. The standard InChI is InChI=1S/C21H22F2N2O2/c22-16-3-1-2-15(12-16)21(7-10-27-11-8-21)20(26)25-18-5-4-14-13-24-9-6-17(14)19(18)23/h1-5,12,24H,6-11,13H2,(H,25,26). The van der Waals surface area contributed by atoms with Gasteiger partial charge in [0.2, 0.25) is 5.91 Å². The lowest BCUT2D eigenvalue weighted by molar-refractivity contribution is -0.125. The number of amides is 1. The van der Waals surface area contributed by atoms with Crippen molar-refractivity contribution in [2.24, 2.45) is 0 Å². The Morgan fingerprint density at radius 2 is 1.96 bits per heavy atom. The first-order valence-corrected chi connectivity index (χ1v) is 9.26. The van der Waals surface area contributed by atoms with Crippen LogP contribution in [0.3, 0.4) is 0 Å². The van der Waals surface area contributed by atoms with Crippen molar-refractivity contribution < 1.29 is 18.3 Å². The van der Waals surface area contributed by atoms with Gasteiger partial charge in [-0.15, -0.1) is 0 Å². The maximum atomic E-state index is 14.9. The van der Waals surface area contributed by atoms with Gasteiger partial charge in [0.1, 0.15) is 11.6 Å². The molecule has 2 aliphatic heterocycles. The molecule has 0 aromatic heterocycles. The van der Waals surface area contributed by atoms with Crippen LogP contribution in [0.4, 0.5) is 14.5 Å². The molecule has 0 unspecified atom stereocenters. The number of hydrogen-bond donors (Lipinski definition) is 2. The zero-order valence-corrected chi connectivity index (χ0v) is 15.0. The van der Waals surface area contributed by atoms with Crippen molar-refractivity contribution in [3.63, 3.8) is 0 Å². The molecule has 2 aromatic rings. The molecule has 0 aliphatic carbocycles. The Balaban J connectivity index is 1.67. The van der Waals surface area contributed by atoms with E-state index in [-0.39, 0.29) is 17.4 Å². The first-order valence-electron chi connectivity index (χ1n) is 9.26. The summed E-state index contributed by atoms with van der Waals surface area (Å²) >= 11 is 0. The smallest absolute Gasteiger partial charge is 0.235 e. The minimum absolute atomic E-state index is 0.183. The summed E-state index contributed by atoms with van der Waals surface area (Å²) in [6.45, 7) is 2.15. The van der Waals surface area contributed by atoms with Crippen molar-refractivity contribution in [1.82, 2.24) is 5.32 Å². The lowest BCUT2D eigenvalue weighted by Crippen LogP contribution is -2.45. The van der Waals surface area contributed by atoms with Crippen LogP contribution >= 0.6 is 0 Å². The van der Waals surface area contributed by atoms with Crippen molar-refractivity contribution in [3.8, 4) is 0 Å². The highest BCUT2D eigenvalue weighted by molar-refractivity contribution is 5.99. The number of carbonyl (C=O) groups excluding carboxylic acids is 1. The van der Waals surface area contributed by atoms with Crippen LogP contribution in [0.1, 0.15) is 29.5 Å². The Morgan fingerprint density at radius 1 is 1.15 bits per heavy atom. The molecule has 2 aliphatic rings. The number of anilines is 1. The normalized spacial score (nSPS) is 18.6. The summed E-state index contributed by atoms with van der Waals surface area (Å²) in [6, 6.07) is 9.55. The summed E-state index contributed by atoms with van der Waals surface area (Å²) in [5.41, 5.74) is 1.43. The van der Waals surface area contributed by atoms with E-state index < -0.39 is 11.2 Å². The Hall–Kier alpha value is -2.31. The highest BCUT2D eigenvalue weighted by Crippen LogP contribution is 2.37. The van der Waals surface area contributed by atoms with Gasteiger partial charge in [-0.3, -0.25) is 4.79 Å². The van der Waals surface area contributed by atoms with E-state index >= 15 is 0 Å². The van der Waals surface area contributed by atoms with E-state index in [1.54, 1.807) is 18.2 Å². The molecule has 27 heavy (non-hydrogen) atoms. The van der Waals surface area contributed by atoms with Crippen molar-refractivity contribution >= 4 is 11.6 Å². The molecule has 0 saturated carbocycles. The Bertz CT molecular complexity index is 863. The van der Waals surface area contributed by atoms with Gasteiger partial charge in [-0.2, -0.15) is 0 Å². The molecule has 0 atom stereocenters. The maximum Gasteiger partial charge on any atom is 0.235 e. The topological polar surface area (TPSA) is 50.4 Å². The van der Waals surface area contributed by atoms with Crippen LogP contribution in [-0.2, 0) is 27.9 Å². The van der Waals surface area contributed by atoms with Gasteiger partial charge in [0.25, 0.3) is 0 Å². The number of rotatable bonds is 3. The molecule has 1 amide bonds. The monoisotopic (exact) mass is 372 g/mol. The first-order chi connectivity index (χ1) is 13.1. The molecule has 1 saturated heterocycles. The summed E-state index contributed by atoms with van der Waals surface area (Å²) in [6.07, 6.45) is 1.45. The summed E-state index contributed by atoms with van der Waals surface area (Å²) in [4.78, 5) is 13.3. The number of carbonyl (C=O) groups is 1. The third-order valence-electron chi connectivity index (χ3n) is 5.61. The third kappa shape index (κ3) is 3.35. The molecule has 1 fully saturated rings. The van der Waals surface area contributed by atoms with E-state index in [9.17, 15) is 13.6 Å². The zero-order valence-electron chi connectivity index (χ0n) is 15.0. The second-order valence-corrected chi connectivity index (χ2v) is 7.15. The summed E-state index contributed by atoms with van der Waals surface area (Å²) in [5, 5.41) is 5.99. The summed E-state index contributed by atoms with van der Waals surface area (Å²) < 4.78 is 34.2. The van der Waals surface area contributed by atoms with Gasteiger partial charge >= 0.3 is 0 Å². The summed E-state index contributed by atoms with van der Waals surface area (Å²) in [7, 11) is 0. The molecule has 0 radical (unpaired) electrons. The van der Waals surface area contributed by atoms with Gasteiger partial charge < -0.3 is 15.4 Å². The number of halogens is 2. The molecule has 6 heteroatoms. The fourth-order valence-electron chi connectivity index (χ4n) is 4.02. The SMILES string of the molecule is O=C(Nc1ccc2c(c1F)CCNC2)C1(c2cccc(F)c2)CCOCC1. The van der Waals surface area contributed by atoms with Crippen molar-refractivity contribution in [1.29, 1.82) is 0 Å². The van der Waals surface area contributed by atoms with E-state index in [1.165, 1.54) is 12.1 Å². The van der Waals surface area contributed by atoms with Crippen LogP contribution in [0.2, 0.25) is 0 Å². The fraction of sp³-hybridized carbons (Fsp3) is 0.381.